The molecule has 0 aromatic heterocycles. The highest BCUT2D eigenvalue weighted by atomic mass is 16.5. The molecule has 0 atom stereocenters. The number of hydrogen-bond acceptors (Lipinski definition) is 2. The van der Waals surface area contributed by atoms with Crippen LogP contribution in [0.3, 0.4) is 0 Å². The highest BCUT2D eigenvalue weighted by molar-refractivity contribution is 5.86. The van der Waals surface area contributed by atoms with Crippen LogP contribution in [-0.4, -0.2) is 25.8 Å². The van der Waals surface area contributed by atoms with Gasteiger partial charge in [-0.3, -0.25) is 0 Å². The fourth-order valence-corrected chi connectivity index (χ4v) is 2.79. The van der Waals surface area contributed by atoms with E-state index in [1.54, 1.807) is 0 Å². The average molecular weight is 255 g/mol. The summed E-state index contributed by atoms with van der Waals surface area (Å²) in [6, 6.07) is 15.7. The normalized spacial score (nSPS) is 17.6. The molecule has 0 unspecified atom stereocenters. The summed E-state index contributed by atoms with van der Waals surface area (Å²) in [5, 5.41) is 6.25. The standard InChI is InChI=1S/C17H21NO/c1-13(2)18-10-17(11-19-12-17)16-9-5-7-14-6-3-4-8-15(14)16/h3-9,13,18H,10-12H2,1-2H3. The van der Waals surface area contributed by atoms with E-state index in [4.69, 9.17) is 4.74 Å². The lowest BCUT2D eigenvalue weighted by Gasteiger charge is -2.43. The molecule has 0 saturated carbocycles. The second-order valence-electron chi connectivity index (χ2n) is 5.84. The summed E-state index contributed by atoms with van der Waals surface area (Å²) < 4.78 is 5.53. The van der Waals surface area contributed by atoms with Gasteiger partial charge in [-0.15, -0.1) is 0 Å². The highest BCUT2D eigenvalue weighted by Crippen LogP contribution is 2.36. The van der Waals surface area contributed by atoms with Gasteiger partial charge in [-0.1, -0.05) is 56.3 Å². The minimum atomic E-state index is 0.144. The van der Waals surface area contributed by atoms with Crippen molar-refractivity contribution in [1.82, 2.24) is 5.32 Å². The Hall–Kier alpha value is -1.38. The third kappa shape index (κ3) is 2.26. The van der Waals surface area contributed by atoms with Crippen LogP contribution in [-0.2, 0) is 10.2 Å². The van der Waals surface area contributed by atoms with Gasteiger partial charge in [-0.25, -0.2) is 0 Å². The van der Waals surface area contributed by atoms with Crippen LogP contribution in [0.2, 0.25) is 0 Å². The van der Waals surface area contributed by atoms with Gasteiger partial charge in [-0.2, -0.15) is 0 Å². The molecule has 2 nitrogen and oxygen atoms in total. The minimum absolute atomic E-state index is 0.144. The molecule has 1 aliphatic rings. The Morgan fingerprint density at radius 2 is 1.84 bits per heavy atom. The maximum absolute atomic E-state index is 5.53. The van der Waals surface area contributed by atoms with Gasteiger partial charge in [0.05, 0.1) is 18.6 Å². The third-order valence-electron chi connectivity index (χ3n) is 3.97. The molecule has 0 aliphatic carbocycles. The second-order valence-corrected chi connectivity index (χ2v) is 5.84. The van der Waals surface area contributed by atoms with Crippen LogP contribution < -0.4 is 5.32 Å². The first-order valence-corrected chi connectivity index (χ1v) is 7.01. The molecule has 19 heavy (non-hydrogen) atoms. The molecule has 1 aliphatic heterocycles. The average Bonchev–Trinajstić information content (AvgIpc) is 2.37. The molecule has 100 valence electrons. The number of fused-ring (bicyclic) bond motifs is 1. The van der Waals surface area contributed by atoms with Gasteiger partial charge in [0, 0.05) is 12.6 Å². The third-order valence-corrected chi connectivity index (χ3v) is 3.97. The van der Waals surface area contributed by atoms with Crippen LogP contribution >= 0.6 is 0 Å². The van der Waals surface area contributed by atoms with Crippen LogP contribution in [0.25, 0.3) is 10.8 Å². The number of nitrogens with one attached hydrogen (secondary N) is 1. The van der Waals surface area contributed by atoms with Crippen molar-refractivity contribution in [1.29, 1.82) is 0 Å². The molecule has 1 saturated heterocycles. The van der Waals surface area contributed by atoms with E-state index in [9.17, 15) is 0 Å². The van der Waals surface area contributed by atoms with E-state index in [2.05, 4.69) is 61.6 Å². The Bertz CT molecular complexity index is 567. The first-order chi connectivity index (χ1) is 9.21. The van der Waals surface area contributed by atoms with E-state index in [0.29, 0.717) is 6.04 Å². The minimum Gasteiger partial charge on any atom is -0.379 e. The topological polar surface area (TPSA) is 21.3 Å². The molecule has 2 aromatic rings. The van der Waals surface area contributed by atoms with E-state index in [1.165, 1.54) is 16.3 Å². The lowest BCUT2D eigenvalue weighted by Crippen LogP contribution is -2.54. The van der Waals surface area contributed by atoms with Crippen LogP contribution in [0.1, 0.15) is 19.4 Å². The number of benzene rings is 2. The maximum atomic E-state index is 5.53. The van der Waals surface area contributed by atoms with Crippen molar-refractivity contribution >= 4 is 10.8 Å². The molecule has 0 radical (unpaired) electrons. The van der Waals surface area contributed by atoms with E-state index < -0.39 is 0 Å². The number of rotatable bonds is 4. The Labute approximate surface area is 114 Å². The Morgan fingerprint density at radius 3 is 2.53 bits per heavy atom. The Balaban J connectivity index is 2.01. The number of ether oxygens (including phenoxy) is 1. The Kier molecular flexibility index (Phi) is 3.29. The fourth-order valence-electron chi connectivity index (χ4n) is 2.79. The first kappa shape index (κ1) is 12.6. The molecule has 0 spiro atoms. The van der Waals surface area contributed by atoms with E-state index in [0.717, 1.165) is 19.8 Å². The van der Waals surface area contributed by atoms with Crippen LogP contribution in [0.15, 0.2) is 42.5 Å². The zero-order valence-corrected chi connectivity index (χ0v) is 11.6. The van der Waals surface area contributed by atoms with E-state index >= 15 is 0 Å². The zero-order valence-electron chi connectivity index (χ0n) is 11.6. The van der Waals surface area contributed by atoms with Crippen molar-refractivity contribution in [2.75, 3.05) is 19.8 Å². The summed E-state index contributed by atoms with van der Waals surface area (Å²) in [6.45, 7) is 7.01. The van der Waals surface area contributed by atoms with Gasteiger partial charge in [0.15, 0.2) is 0 Å². The second kappa shape index (κ2) is 4.95. The number of hydrogen-bond donors (Lipinski definition) is 1. The zero-order chi connectivity index (χ0) is 13.3. The summed E-state index contributed by atoms with van der Waals surface area (Å²) in [4.78, 5) is 0. The summed E-state index contributed by atoms with van der Waals surface area (Å²) >= 11 is 0. The molecule has 0 amide bonds. The summed E-state index contributed by atoms with van der Waals surface area (Å²) in [6.07, 6.45) is 0. The molecule has 1 heterocycles. The largest absolute Gasteiger partial charge is 0.379 e. The predicted molar refractivity (Wildman–Crippen MR) is 79.6 cm³/mol. The molecule has 2 heteroatoms. The van der Waals surface area contributed by atoms with Crippen molar-refractivity contribution in [3.8, 4) is 0 Å². The van der Waals surface area contributed by atoms with Gasteiger partial charge in [0.25, 0.3) is 0 Å². The fraction of sp³-hybridized carbons (Fsp3) is 0.412. The lowest BCUT2D eigenvalue weighted by molar-refractivity contribution is -0.0589. The van der Waals surface area contributed by atoms with Gasteiger partial charge < -0.3 is 10.1 Å². The molecular weight excluding hydrogens is 234 g/mol. The van der Waals surface area contributed by atoms with Gasteiger partial charge in [0.1, 0.15) is 0 Å². The monoisotopic (exact) mass is 255 g/mol. The van der Waals surface area contributed by atoms with Crippen LogP contribution in [0.4, 0.5) is 0 Å². The molecule has 3 rings (SSSR count). The Morgan fingerprint density at radius 1 is 1.11 bits per heavy atom. The smallest absolute Gasteiger partial charge is 0.0598 e. The summed E-state index contributed by atoms with van der Waals surface area (Å²) in [5.41, 5.74) is 1.57. The van der Waals surface area contributed by atoms with Crippen LogP contribution in [0, 0.1) is 0 Å². The van der Waals surface area contributed by atoms with Crippen LogP contribution in [0.5, 0.6) is 0 Å². The van der Waals surface area contributed by atoms with Crippen molar-refractivity contribution in [3.63, 3.8) is 0 Å². The van der Waals surface area contributed by atoms with E-state index in [-0.39, 0.29) is 5.41 Å². The SMILES string of the molecule is CC(C)NCC1(c2cccc3ccccc23)COC1. The first-order valence-electron chi connectivity index (χ1n) is 7.01. The summed E-state index contributed by atoms with van der Waals surface area (Å²) in [7, 11) is 0. The molecular formula is C17H21NO. The molecule has 1 fully saturated rings. The highest BCUT2D eigenvalue weighted by Gasteiger charge is 2.41. The maximum Gasteiger partial charge on any atom is 0.0598 e. The van der Waals surface area contributed by atoms with Crippen molar-refractivity contribution in [2.45, 2.75) is 25.3 Å². The molecule has 1 N–H and O–H groups in total. The van der Waals surface area contributed by atoms with Crippen molar-refractivity contribution in [3.05, 3.63) is 48.0 Å². The van der Waals surface area contributed by atoms with Crippen molar-refractivity contribution < 1.29 is 4.74 Å². The predicted octanol–water partition coefficient (Wildman–Crippen LogP) is 3.11. The lowest BCUT2D eigenvalue weighted by atomic mass is 9.76. The van der Waals surface area contributed by atoms with Crippen molar-refractivity contribution in [2.24, 2.45) is 0 Å². The van der Waals surface area contributed by atoms with E-state index in [1.807, 2.05) is 0 Å². The van der Waals surface area contributed by atoms with Gasteiger partial charge in [-0.05, 0) is 16.3 Å². The molecule has 2 aromatic carbocycles. The molecule has 0 bridgehead atoms. The van der Waals surface area contributed by atoms with Gasteiger partial charge in [0.2, 0.25) is 0 Å². The summed E-state index contributed by atoms with van der Waals surface area (Å²) in [5.74, 6) is 0. The van der Waals surface area contributed by atoms with Gasteiger partial charge >= 0.3 is 0 Å². The quantitative estimate of drug-likeness (QED) is 0.906.